The van der Waals surface area contributed by atoms with Gasteiger partial charge in [0.05, 0.1) is 16.9 Å². The molecule has 9 aliphatic rings. The molecule has 3 aliphatic heterocycles. The van der Waals surface area contributed by atoms with Crippen molar-refractivity contribution < 1.29 is 4.42 Å². The number of hydrogen-bond acceptors (Lipinski definition) is 4. The second-order valence-corrected chi connectivity index (χ2v) is 37.6. The van der Waals surface area contributed by atoms with Gasteiger partial charge in [-0.2, -0.15) is 0 Å². The maximum atomic E-state index is 8.22. The van der Waals surface area contributed by atoms with E-state index in [4.69, 9.17) is 4.42 Å². The summed E-state index contributed by atoms with van der Waals surface area (Å²) in [5, 5.41) is 1.27. The summed E-state index contributed by atoms with van der Waals surface area (Å²) in [7, 11) is 0. The standard InChI is InChI=1S/C85H106BN3O/c1-49-39-56-61(80(13,14)36-31-75(56,3)4)46-65(49)87-67-41-51(89-64-28-24-23-27-54(64)84(21)29-25-26-30-85(84,89)22)42-68-71(67)86(74-72(87)53-44-59-63(48-69(53)90-74)82(17,18)38-34-78(59,9)10)70-52-43-58-60(79(11,12)35-33-77(58,7)8)45-55(52)83(19,20)73(70)88(68)66-47-62-57(40-50(66)2)76(5,6)32-37-81(62,15)16/h23-24,27-28,39-48,70,73H,25-26,29-38H2,1-22H3. The molecule has 0 radical (unpaired) electrons. The third kappa shape index (κ3) is 7.62. The highest BCUT2D eigenvalue weighted by Crippen LogP contribution is 2.66. The Kier molecular flexibility index (Phi) is 11.8. The molecule has 16 rings (SSSR count). The molecular weight excluding hydrogens is 1090 g/mol. The molecule has 1 aromatic heterocycles. The minimum Gasteiger partial charge on any atom is -0.469 e. The molecule has 4 unspecified atom stereocenters. The van der Waals surface area contributed by atoms with Crippen molar-refractivity contribution >= 4 is 68.6 Å². The zero-order chi connectivity index (χ0) is 63.9. The highest BCUT2D eigenvalue weighted by Gasteiger charge is 2.64. The summed E-state index contributed by atoms with van der Waals surface area (Å²) >= 11 is 0. The lowest BCUT2D eigenvalue weighted by atomic mass is 9.30. The highest BCUT2D eigenvalue weighted by molar-refractivity contribution is 6.90. The number of para-hydroxylation sites is 1. The predicted molar refractivity (Wildman–Crippen MR) is 384 cm³/mol. The Morgan fingerprint density at radius 1 is 0.411 bits per heavy atom. The Balaban J connectivity index is 1.10. The Bertz CT molecular complexity index is 4300. The number of benzene rings is 6. The van der Waals surface area contributed by atoms with Crippen LogP contribution in [-0.4, -0.2) is 18.3 Å². The SMILES string of the molecule is Cc1cc2c(cc1N1c3cc(N4c5ccccc5C5(C)CCCCC45C)cc4c3B(c3oc5cc6c(cc5c31)C(C)(C)CCC6(C)C)C1c3cc5c(cc3C(C)(C)C1N4c1cc3c(cc1C)C(C)(C)CCC3(C)C)C(C)(C)CCC5(C)C)C(C)(C)CCC2(C)C. The fourth-order valence-electron chi connectivity index (χ4n) is 21.4. The smallest absolute Gasteiger partial charge is 0.273 e. The number of nitrogens with zero attached hydrogens (tertiary/aromatic N) is 3. The van der Waals surface area contributed by atoms with Crippen LogP contribution in [0.4, 0.5) is 39.8 Å². The van der Waals surface area contributed by atoms with E-state index in [0.717, 1.165) is 36.9 Å². The van der Waals surface area contributed by atoms with Crippen LogP contribution in [0.15, 0.2) is 89.3 Å². The Labute approximate surface area is 542 Å². The zero-order valence-corrected chi connectivity index (χ0v) is 59.6. The van der Waals surface area contributed by atoms with E-state index in [9.17, 15) is 0 Å². The van der Waals surface area contributed by atoms with Crippen LogP contribution in [0, 0.1) is 13.8 Å². The molecule has 4 atom stereocenters. The zero-order valence-electron chi connectivity index (χ0n) is 59.6. The van der Waals surface area contributed by atoms with Gasteiger partial charge in [-0.05, 0) is 254 Å². The van der Waals surface area contributed by atoms with Crippen LogP contribution in [0.3, 0.4) is 0 Å². The molecule has 0 N–H and O–H groups in total. The summed E-state index contributed by atoms with van der Waals surface area (Å²) < 4.78 is 8.22. The van der Waals surface area contributed by atoms with Gasteiger partial charge >= 0.3 is 0 Å². The Hall–Kier alpha value is -5.68. The first kappa shape index (κ1) is 59.3. The van der Waals surface area contributed by atoms with E-state index in [1.807, 2.05) is 0 Å². The van der Waals surface area contributed by atoms with Gasteiger partial charge in [0.2, 0.25) is 0 Å². The number of hydrogen-bond donors (Lipinski definition) is 0. The maximum Gasteiger partial charge on any atom is 0.273 e. The van der Waals surface area contributed by atoms with Crippen molar-refractivity contribution in [1.82, 2.24) is 0 Å². The summed E-state index contributed by atoms with van der Waals surface area (Å²) in [6, 6.07) is 36.7. The minimum absolute atomic E-state index is 0.000866. The lowest BCUT2D eigenvalue weighted by molar-refractivity contribution is 0.195. The summed E-state index contributed by atoms with van der Waals surface area (Å²) in [6.45, 7) is 55.8. The van der Waals surface area contributed by atoms with Gasteiger partial charge in [0.25, 0.3) is 6.71 Å². The van der Waals surface area contributed by atoms with E-state index >= 15 is 0 Å². The van der Waals surface area contributed by atoms with E-state index in [1.54, 1.807) is 11.1 Å². The molecule has 470 valence electrons. The third-order valence-corrected chi connectivity index (χ3v) is 28.0. The van der Waals surface area contributed by atoms with Crippen LogP contribution in [0.25, 0.3) is 11.0 Å². The first-order valence-corrected chi connectivity index (χ1v) is 35.7. The Morgan fingerprint density at radius 2 is 0.867 bits per heavy atom. The van der Waals surface area contributed by atoms with Crippen molar-refractivity contribution in [3.63, 3.8) is 0 Å². The molecule has 6 aliphatic carbocycles. The molecule has 5 heteroatoms. The monoisotopic (exact) mass is 1200 g/mol. The molecule has 7 aromatic rings. The van der Waals surface area contributed by atoms with Crippen molar-refractivity contribution in [2.24, 2.45) is 0 Å². The van der Waals surface area contributed by atoms with Crippen LogP contribution in [-0.2, 0) is 54.1 Å². The molecular formula is C85H106BN3O. The average molecular weight is 1200 g/mol. The van der Waals surface area contributed by atoms with Crippen molar-refractivity contribution in [3.05, 3.63) is 157 Å². The largest absolute Gasteiger partial charge is 0.469 e. The lowest BCUT2D eigenvalue weighted by Crippen LogP contribution is -2.64. The van der Waals surface area contributed by atoms with Crippen LogP contribution in [0.2, 0.25) is 0 Å². The number of anilines is 7. The topological polar surface area (TPSA) is 22.9 Å². The van der Waals surface area contributed by atoms with E-state index in [2.05, 4.69) is 252 Å². The van der Waals surface area contributed by atoms with Crippen molar-refractivity contribution in [3.8, 4) is 0 Å². The quantitative estimate of drug-likeness (QED) is 0.165. The predicted octanol–water partition coefficient (Wildman–Crippen LogP) is 21.7. The first-order chi connectivity index (χ1) is 41.9. The second-order valence-electron chi connectivity index (χ2n) is 37.6. The van der Waals surface area contributed by atoms with Crippen molar-refractivity contribution in [2.45, 2.75) is 301 Å². The van der Waals surface area contributed by atoms with Gasteiger partial charge in [0, 0.05) is 56.4 Å². The normalized spacial score (nSPS) is 27.9. The molecule has 0 spiro atoms. The summed E-state index contributed by atoms with van der Waals surface area (Å²) in [5.41, 5.74) is 32.2. The highest BCUT2D eigenvalue weighted by atomic mass is 16.3. The fourth-order valence-corrected chi connectivity index (χ4v) is 21.4. The molecule has 6 aromatic carbocycles. The van der Waals surface area contributed by atoms with Gasteiger partial charge in [0.1, 0.15) is 5.58 Å². The summed E-state index contributed by atoms with van der Waals surface area (Å²) in [4.78, 5) is 8.77. The number of rotatable bonds is 3. The molecule has 0 amide bonds. The van der Waals surface area contributed by atoms with Crippen LogP contribution >= 0.6 is 0 Å². The third-order valence-electron chi connectivity index (χ3n) is 28.0. The minimum atomic E-state index is -0.282. The number of aryl methyl sites for hydroxylation is 2. The number of fused-ring (bicyclic) bond motifs is 15. The van der Waals surface area contributed by atoms with Gasteiger partial charge in [-0.1, -0.05) is 187 Å². The lowest BCUT2D eigenvalue weighted by Gasteiger charge is -2.53. The van der Waals surface area contributed by atoms with Gasteiger partial charge in [-0.3, -0.25) is 0 Å². The van der Waals surface area contributed by atoms with Crippen LogP contribution < -0.4 is 25.8 Å². The molecule has 4 nitrogen and oxygen atoms in total. The maximum absolute atomic E-state index is 8.22. The second kappa shape index (κ2) is 18.0. The molecule has 1 fully saturated rings. The van der Waals surface area contributed by atoms with Crippen LogP contribution in [0.1, 0.15) is 294 Å². The average Bonchev–Trinajstić information content (AvgIpc) is 1.39. The molecule has 0 bridgehead atoms. The molecule has 90 heavy (non-hydrogen) atoms. The summed E-state index contributed by atoms with van der Waals surface area (Å²) in [6.07, 6.45) is 14.2. The van der Waals surface area contributed by atoms with Crippen molar-refractivity contribution in [2.75, 3.05) is 14.7 Å². The number of furan rings is 1. The van der Waals surface area contributed by atoms with Crippen molar-refractivity contribution in [1.29, 1.82) is 0 Å². The van der Waals surface area contributed by atoms with Gasteiger partial charge < -0.3 is 19.1 Å². The fraction of sp³-hybridized carbons (Fsp3) is 0.553. The molecule has 0 saturated heterocycles. The molecule has 4 heterocycles. The summed E-state index contributed by atoms with van der Waals surface area (Å²) in [5.74, 6) is 0.0677. The van der Waals surface area contributed by atoms with Gasteiger partial charge in [-0.25, -0.2) is 0 Å². The van der Waals surface area contributed by atoms with E-state index in [1.165, 1.54) is 163 Å². The van der Waals surface area contributed by atoms with Gasteiger partial charge in [0.15, 0.2) is 0 Å². The van der Waals surface area contributed by atoms with E-state index < -0.39 is 0 Å². The molecule has 1 saturated carbocycles. The van der Waals surface area contributed by atoms with Gasteiger partial charge in [-0.15, -0.1) is 0 Å². The van der Waals surface area contributed by atoms with E-state index in [-0.39, 0.29) is 78.3 Å². The van der Waals surface area contributed by atoms with E-state index in [0.29, 0.717) is 0 Å². The van der Waals surface area contributed by atoms with Crippen LogP contribution in [0.5, 0.6) is 0 Å². The first-order valence-electron chi connectivity index (χ1n) is 35.7. The Morgan fingerprint density at radius 3 is 1.43 bits per heavy atom.